The van der Waals surface area contributed by atoms with Crippen LogP contribution in [-0.4, -0.2) is 98.3 Å². The molecule has 14 heteroatoms. The molecule has 1 rings (SSSR count). The Hall–Kier alpha value is -2.19. The molecular formula is C49H87O13P. The number of hydrogen-bond acceptors (Lipinski definition) is 12. The number of carbonyl (C=O) groups is 2. The zero-order chi connectivity index (χ0) is 46.4. The number of aliphatic hydroxyl groups is 5. The molecule has 0 aromatic rings. The van der Waals surface area contributed by atoms with Crippen LogP contribution < -0.4 is 0 Å². The van der Waals surface area contributed by atoms with Gasteiger partial charge in [0, 0.05) is 12.8 Å². The number of unbranched alkanes of at least 4 members (excludes halogenated alkanes) is 20. The predicted octanol–water partition coefficient (Wildman–Crippen LogP) is 9.95. The second-order valence-corrected chi connectivity index (χ2v) is 18.3. The summed E-state index contributed by atoms with van der Waals surface area (Å²) in [6.45, 7) is 3.18. The average Bonchev–Trinajstić information content (AvgIpc) is 3.26. The van der Waals surface area contributed by atoms with Gasteiger partial charge in [0.2, 0.25) is 0 Å². The zero-order valence-corrected chi connectivity index (χ0v) is 39.8. The molecule has 0 amide bonds. The van der Waals surface area contributed by atoms with Gasteiger partial charge in [0.1, 0.15) is 43.2 Å². The van der Waals surface area contributed by atoms with Crippen molar-refractivity contribution in [3.8, 4) is 0 Å². The highest BCUT2D eigenvalue weighted by molar-refractivity contribution is 7.47. The summed E-state index contributed by atoms with van der Waals surface area (Å²) < 4.78 is 33.6. The molecule has 0 aromatic heterocycles. The van der Waals surface area contributed by atoms with Crippen molar-refractivity contribution in [1.82, 2.24) is 0 Å². The highest BCUT2D eigenvalue weighted by Crippen LogP contribution is 2.47. The lowest BCUT2D eigenvalue weighted by molar-refractivity contribution is -0.220. The SMILES string of the molecule is CC/C=C\C/C=C\C/C=C\CCCCCCCC(=O)O[C@H](COC(=O)CCCCCCCCC/C=C\CCCCCCCCCC)COP(=O)(O)OC1C(O)C(O)C(O)[C@@H](O)C1O. The standard InChI is InChI=1S/C49H87O13P/c1-3-5-7-9-11-13-15-17-19-20-21-22-24-25-27-29-31-33-35-37-42(50)59-39-41(40-60-63(57,58)62-49-47(55)45(53)44(52)46(54)48(49)56)61-43(51)38-36-34-32-30-28-26-23-18-16-14-12-10-8-6-4-2/h6,8,12,14,18,20-21,23,41,44-49,52-56H,3-5,7,9-11,13,15-17,19,22,24-40H2,1-2H3,(H,57,58)/b8-6-,14-12-,21-20-,23-18-/t41-,44?,45-,46?,47?,48?,49?/m1/s1. The topological polar surface area (TPSA) is 210 Å². The van der Waals surface area contributed by atoms with E-state index in [2.05, 4.69) is 62.5 Å². The molecule has 0 aliphatic heterocycles. The normalized spacial score (nSPS) is 22.1. The molecule has 1 aliphatic carbocycles. The molecule has 0 radical (unpaired) electrons. The summed E-state index contributed by atoms with van der Waals surface area (Å²) in [7, 11) is -5.13. The van der Waals surface area contributed by atoms with Crippen molar-refractivity contribution in [1.29, 1.82) is 0 Å². The zero-order valence-electron chi connectivity index (χ0n) is 38.9. The second-order valence-electron chi connectivity index (χ2n) is 16.9. The maximum Gasteiger partial charge on any atom is 0.472 e. The third kappa shape index (κ3) is 31.4. The first-order valence-corrected chi connectivity index (χ1v) is 25.9. The molecule has 1 aliphatic rings. The monoisotopic (exact) mass is 915 g/mol. The molecule has 0 bridgehead atoms. The van der Waals surface area contributed by atoms with Gasteiger partial charge in [-0.05, 0) is 70.6 Å². The van der Waals surface area contributed by atoms with Crippen molar-refractivity contribution in [3.05, 3.63) is 48.6 Å². The number of esters is 2. The van der Waals surface area contributed by atoms with Gasteiger partial charge in [-0.1, -0.05) is 159 Å². The van der Waals surface area contributed by atoms with Crippen LogP contribution in [-0.2, 0) is 32.7 Å². The first-order valence-electron chi connectivity index (χ1n) is 24.4. The summed E-state index contributed by atoms with van der Waals surface area (Å²) in [4.78, 5) is 35.8. The van der Waals surface area contributed by atoms with Gasteiger partial charge in [0.15, 0.2) is 6.10 Å². The van der Waals surface area contributed by atoms with Gasteiger partial charge in [0.25, 0.3) is 0 Å². The van der Waals surface area contributed by atoms with Crippen LogP contribution in [0.5, 0.6) is 0 Å². The van der Waals surface area contributed by atoms with Gasteiger partial charge in [-0.15, -0.1) is 0 Å². The first kappa shape index (κ1) is 58.8. The molecule has 63 heavy (non-hydrogen) atoms. The molecule has 0 heterocycles. The molecule has 1 saturated carbocycles. The molecule has 0 saturated heterocycles. The minimum Gasteiger partial charge on any atom is -0.462 e. The smallest absolute Gasteiger partial charge is 0.462 e. The quantitative estimate of drug-likeness (QED) is 0.0147. The van der Waals surface area contributed by atoms with Crippen molar-refractivity contribution < 1.29 is 63.1 Å². The van der Waals surface area contributed by atoms with E-state index in [9.17, 15) is 44.6 Å². The van der Waals surface area contributed by atoms with Gasteiger partial charge in [-0.3, -0.25) is 18.6 Å². The lowest BCUT2D eigenvalue weighted by Crippen LogP contribution is -2.64. The van der Waals surface area contributed by atoms with Crippen LogP contribution in [0.1, 0.15) is 194 Å². The Morgan fingerprint density at radius 2 is 0.905 bits per heavy atom. The van der Waals surface area contributed by atoms with E-state index in [0.717, 1.165) is 83.5 Å². The van der Waals surface area contributed by atoms with Gasteiger partial charge < -0.3 is 39.9 Å². The summed E-state index contributed by atoms with van der Waals surface area (Å²) in [6.07, 6.45) is 33.0. The van der Waals surface area contributed by atoms with Crippen LogP contribution >= 0.6 is 7.82 Å². The average molecular weight is 915 g/mol. The van der Waals surface area contributed by atoms with Gasteiger partial charge in [0.05, 0.1) is 6.61 Å². The van der Waals surface area contributed by atoms with Crippen molar-refractivity contribution in [3.63, 3.8) is 0 Å². The van der Waals surface area contributed by atoms with Crippen molar-refractivity contribution in [2.24, 2.45) is 0 Å². The van der Waals surface area contributed by atoms with Crippen LogP contribution in [0, 0.1) is 0 Å². The Kier molecular flexibility index (Phi) is 36.4. The van der Waals surface area contributed by atoms with E-state index in [0.29, 0.717) is 12.8 Å². The minimum absolute atomic E-state index is 0.0754. The lowest BCUT2D eigenvalue weighted by Gasteiger charge is -2.41. The molecular weight excluding hydrogens is 828 g/mol. The van der Waals surface area contributed by atoms with Crippen LogP contribution in [0.4, 0.5) is 0 Å². The Morgan fingerprint density at radius 3 is 1.40 bits per heavy atom. The number of phosphoric acid groups is 1. The molecule has 0 spiro atoms. The van der Waals surface area contributed by atoms with Crippen LogP contribution in [0.15, 0.2) is 48.6 Å². The number of phosphoric ester groups is 1. The van der Waals surface area contributed by atoms with Gasteiger partial charge >= 0.3 is 19.8 Å². The number of aliphatic hydroxyl groups excluding tert-OH is 5. The van der Waals surface area contributed by atoms with Crippen molar-refractivity contribution in [2.45, 2.75) is 236 Å². The Labute approximate surface area is 380 Å². The number of ether oxygens (including phenoxy) is 2. The first-order chi connectivity index (χ1) is 30.4. The minimum atomic E-state index is -5.13. The lowest BCUT2D eigenvalue weighted by atomic mass is 9.85. The largest absolute Gasteiger partial charge is 0.472 e. The summed E-state index contributed by atoms with van der Waals surface area (Å²) in [5.74, 6) is -1.12. The molecule has 0 aromatic carbocycles. The van der Waals surface area contributed by atoms with E-state index in [1.165, 1.54) is 70.6 Å². The maximum atomic E-state index is 12.8. The predicted molar refractivity (Wildman–Crippen MR) is 249 cm³/mol. The molecule has 6 N–H and O–H groups in total. The third-order valence-corrected chi connectivity index (χ3v) is 12.1. The Bertz CT molecular complexity index is 1290. The molecule has 366 valence electrons. The van der Waals surface area contributed by atoms with Crippen molar-refractivity contribution in [2.75, 3.05) is 13.2 Å². The van der Waals surface area contributed by atoms with Crippen molar-refractivity contribution >= 4 is 19.8 Å². The van der Waals surface area contributed by atoms with Crippen LogP contribution in [0.2, 0.25) is 0 Å². The fourth-order valence-corrected chi connectivity index (χ4v) is 8.21. The molecule has 1 fully saturated rings. The Balaban J connectivity index is 2.43. The highest BCUT2D eigenvalue weighted by Gasteiger charge is 2.51. The summed E-state index contributed by atoms with van der Waals surface area (Å²) >= 11 is 0. The van der Waals surface area contributed by atoms with Gasteiger partial charge in [-0.25, -0.2) is 4.57 Å². The van der Waals surface area contributed by atoms with Crippen LogP contribution in [0.3, 0.4) is 0 Å². The van der Waals surface area contributed by atoms with E-state index in [1.54, 1.807) is 0 Å². The molecule has 13 nitrogen and oxygen atoms in total. The number of hydrogen-bond donors (Lipinski definition) is 6. The van der Waals surface area contributed by atoms with Gasteiger partial charge in [-0.2, -0.15) is 0 Å². The number of rotatable bonds is 40. The van der Waals surface area contributed by atoms with E-state index in [-0.39, 0.29) is 12.8 Å². The fraction of sp³-hybridized carbons (Fsp3) is 0.796. The molecule has 8 atom stereocenters. The number of carbonyl (C=O) groups excluding carboxylic acids is 2. The maximum absolute atomic E-state index is 12.8. The van der Waals surface area contributed by atoms with E-state index in [1.807, 2.05) is 0 Å². The summed E-state index contributed by atoms with van der Waals surface area (Å²) in [5.41, 5.74) is 0. The van der Waals surface area contributed by atoms with E-state index in [4.69, 9.17) is 18.5 Å². The highest BCUT2D eigenvalue weighted by atomic mass is 31.2. The Morgan fingerprint density at radius 1 is 0.508 bits per heavy atom. The fourth-order valence-electron chi connectivity index (χ4n) is 7.24. The third-order valence-electron chi connectivity index (χ3n) is 11.2. The van der Waals surface area contributed by atoms with E-state index < -0.39 is 75.7 Å². The van der Waals surface area contributed by atoms with E-state index >= 15 is 0 Å². The summed E-state index contributed by atoms with van der Waals surface area (Å²) in [6, 6.07) is 0. The summed E-state index contributed by atoms with van der Waals surface area (Å²) in [5, 5.41) is 50.2. The second kappa shape index (κ2) is 39.0. The molecule has 6 unspecified atom stereocenters. The number of allylic oxidation sites excluding steroid dienone is 8. The van der Waals surface area contributed by atoms with Crippen LogP contribution in [0.25, 0.3) is 0 Å².